The molecule has 6 heteroatoms. The quantitative estimate of drug-likeness (QED) is 0.774. The third kappa shape index (κ3) is 3.56. The smallest absolute Gasteiger partial charge is 0.253 e. The number of carbonyl (C=O) groups excluding carboxylic acids is 3. The van der Waals surface area contributed by atoms with E-state index >= 15 is 0 Å². The molecule has 0 N–H and O–H groups in total. The summed E-state index contributed by atoms with van der Waals surface area (Å²) in [5, 5.41) is 0.534. The van der Waals surface area contributed by atoms with Crippen LogP contribution in [0.5, 0.6) is 0 Å². The third-order valence-electron chi connectivity index (χ3n) is 5.16. The molecule has 2 aliphatic rings. The molecule has 134 valence electrons. The minimum absolute atomic E-state index is 0.0450. The van der Waals surface area contributed by atoms with Crippen LogP contribution >= 0.6 is 11.6 Å². The minimum atomic E-state index is -0.763. The van der Waals surface area contributed by atoms with E-state index in [0.29, 0.717) is 62.4 Å². The molecule has 0 aromatic heterocycles. The topological polar surface area (TPSA) is 57.7 Å². The fraction of sp³-hybridized carbons (Fsp3) is 0.526. The molecule has 0 bridgehead atoms. The van der Waals surface area contributed by atoms with E-state index in [1.165, 1.54) is 0 Å². The van der Waals surface area contributed by atoms with Crippen LogP contribution in [0.2, 0.25) is 5.02 Å². The highest BCUT2D eigenvalue weighted by molar-refractivity contribution is 6.30. The van der Waals surface area contributed by atoms with Gasteiger partial charge < -0.3 is 9.80 Å². The number of rotatable bonds is 4. The lowest BCUT2D eigenvalue weighted by Gasteiger charge is -2.25. The molecule has 0 atom stereocenters. The lowest BCUT2D eigenvalue weighted by molar-refractivity contribution is -0.143. The number of hydrogen-bond acceptors (Lipinski definition) is 3. The van der Waals surface area contributed by atoms with Crippen molar-refractivity contribution >= 4 is 29.2 Å². The van der Waals surface area contributed by atoms with E-state index in [1.807, 2.05) is 6.92 Å². The summed E-state index contributed by atoms with van der Waals surface area (Å²) in [6.45, 7) is 3.96. The third-order valence-corrected chi connectivity index (χ3v) is 5.39. The van der Waals surface area contributed by atoms with Crippen LogP contribution in [0.3, 0.4) is 0 Å². The fourth-order valence-corrected chi connectivity index (χ4v) is 3.70. The number of nitrogens with zero attached hydrogens (tertiary/aromatic N) is 2. The summed E-state index contributed by atoms with van der Waals surface area (Å²) in [5.74, 6) is -0.0624. The molecule has 3 rings (SSSR count). The molecule has 1 aliphatic carbocycles. The number of hydrogen-bond donors (Lipinski definition) is 0. The predicted molar refractivity (Wildman–Crippen MR) is 95.5 cm³/mol. The molecule has 2 fully saturated rings. The maximum atomic E-state index is 12.8. The van der Waals surface area contributed by atoms with Gasteiger partial charge in [-0.25, -0.2) is 0 Å². The largest absolute Gasteiger partial charge is 0.340 e. The molecule has 0 radical (unpaired) electrons. The van der Waals surface area contributed by atoms with Crippen LogP contribution in [0.1, 0.15) is 43.0 Å². The number of benzene rings is 1. The van der Waals surface area contributed by atoms with Crippen molar-refractivity contribution in [1.82, 2.24) is 9.80 Å². The molecule has 1 saturated heterocycles. The standard InChI is InChI=1S/C19H23ClN2O3/c1-2-16(23)19(7-8-19)18(25)22-10-4-9-21(11-12-22)17(24)14-5-3-6-15(20)13-14/h3,5-6,13H,2,4,7-12H2,1H3. The van der Waals surface area contributed by atoms with Gasteiger partial charge in [-0.05, 0) is 37.5 Å². The van der Waals surface area contributed by atoms with Gasteiger partial charge in [-0.1, -0.05) is 24.6 Å². The van der Waals surface area contributed by atoms with Crippen LogP contribution in [0.25, 0.3) is 0 Å². The summed E-state index contributed by atoms with van der Waals surface area (Å²) in [7, 11) is 0. The van der Waals surface area contributed by atoms with Gasteiger partial charge >= 0.3 is 0 Å². The zero-order valence-electron chi connectivity index (χ0n) is 14.5. The Kier molecular flexibility index (Phi) is 5.13. The normalized spacial score (nSPS) is 19.3. The number of halogens is 1. The highest BCUT2D eigenvalue weighted by Crippen LogP contribution is 2.48. The maximum absolute atomic E-state index is 12.8. The van der Waals surface area contributed by atoms with Crippen molar-refractivity contribution < 1.29 is 14.4 Å². The highest BCUT2D eigenvalue weighted by atomic mass is 35.5. The first-order valence-electron chi connectivity index (χ1n) is 8.85. The van der Waals surface area contributed by atoms with Crippen LogP contribution in [-0.2, 0) is 9.59 Å². The van der Waals surface area contributed by atoms with Crippen LogP contribution in [0.15, 0.2) is 24.3 Å². The Balaban J connectivity index is 1.66. The maximum Gasteiger partial charge on any atom is 0.253 e. The van der Waals surface area contributed by atoms with E-state index in [0.717, 1.165) is 0 Å². The van der Waals surface area contributed by atoms with E-state index in [9.17, 15) is 14.4 Å². The lowest BCUT2D eigenvalue weighted by atomic mass is 9.97. The second-order valence-corrected chi connectivity index (χ2v) is 7.24. The highest BCUT2D eigenvalue weighted by Gasteiger charge is 2.56. The molecule has 1 aromatic carbocycles. The Morgan fingerprint density at radius 1 is 1.08 bits per heavy atom. The van der Waals surface area contributed by atoms with Gasteiger partial charge in [-0.3, -0.25) is 14.4 Å². The summed E-state index contributed by atoms with van der Waals surface area (Å²) in [5.41, 5.74) is -0.201. The molecule has 1 heterocycles. The van der Waals surface area contributed by atoms with Gasteiger partial charge in [0, 0.05) is 43.2 Å². The molecular weight excluding hydrogens is 340 g/mol. The van der Waals surface area contributed by atoms with E-state index in [1.54, 1.807) is 34.1 Å². The summed E-state index contributed by atoms with van der Waals surface area (Å²) in [4.78, 5) is 41.1. The summed E-state index contributed by atoms with van der Waals surface area (Å²) in [6.07, 6.45) is 2.45. The number of amides is 2. The molecular formula is C19H23ClN2O3. The number of ketones is 1. The lowest BCUT2D eigenvalue weighted by Crippen LogP contribution is -2.43. The average molecular weight is 363 g/mol. The number of carbonyl (C=O) groups is 3. The van der Waals surface area contributed by atoms with Crippen LogP contribution in [0.4, 0.5) is 0 Å². The van der Waals surface area contributed by atoms with Crippen molar-refractivity contribution in [2.45, 2.75) is 32.6 Å². The van der Waals surface area contributed by atoms with Gasteiger partial charge in [0.25, 0.3) is 5.91 Å². The van der Waals surface area contributed by atoms with Gasteiger partial charge in [-0.2, -0.15) is 0 Å². The molecule has 1 aromatic rings. The average Bonchev–Trinajstić information content (AvgIpc) is 3.44. The molecule has 0 unspecified atom stereocenters. The Bertz CT molecular complexity index is 700. The van der Waals surface area contributed by atoms with Crippen LogP contribution in [-0.4, -0.2) is 53.6 Å². The first-order chi connectivity index (χ1) is 12.0. The van der Waals surface area contributed by atoms with Crippen molar-refractivity contribution in [2.24, 2.45) is 5.41 Å². The van der Waals surface area contributed by atoms with Gasteiger partial charge in [0.05, 0.1) is 0 Å². The van der Waals surface area contributed by atoms with Gasteiger partial charge in [-0.15, -0.1) is 0 Å². The Morgan fingerprint density at radius 3 is 2.40 bits per heavy atom. The molecule has 1 aliphatic heterocycles. The second kappa shape index (κ2) is 7.16. The minimum Gasteiger partial charge on any atom is -0.340 e. The monoisotopic (exact) mass is 362 g/mol. The van der Waals surface area contributed by atoms with Gasteiger partial charge in [0.2, 0.25) is 5.91 Å². The Labute approximate surface area is 152 Å². The van der Waals surface area contributed by atoms with Crippen molar-refractivity contribution in [3.05, 3.63) is 34.9 Å². The first kappa shape index (κ1) is 17.9. The SMILES string of the molecule is CCC(=O)C1(C(=O)N2CCCN(C(=O)c3cccc(Cl)c3)CC2)CC1. The van der Waals surface area contributed by atoms with Crippen molar-refractivity contribution in [3.8, 4) is 0 Å². The van der Waals surface area contributed by atoms with Gasteiger partial charge in [0.15, 0.2) is 0 Å². The Hall–Kier alpha value is -1.88. The zero-order valence-corrected chi connectivity index (χ0v) is 15.2. The van der Waals surface area contributed by atoms with Crippen LogP contribution in [0, 0.1) is 5.41 Å². The summed E-state index contributed by atoms with van der Waals surface area (Å²) in [6, 6.07) is 6.91. The van der Waals surface area contributed by atoms with Crippen molar-refractivity contribution in [1.29, 1.82) is 0 Å². The van der Waals surface area contributed by atoms with E-state index < -0.39 is 5.41 Å². The summed E-state index contributed by atoms with van der Waals surface area (Å²) < 4.78 is 0. The predicted octanol–water partition coefficient (Wildman–Crippen LogP) is 2.77. The Morgan fingerprint density at radius 2 is 1.76 bits per heavy atom. The van der Waals surface area contributed by atoms with Crippen molar-refractivity contribution in [3.63, 3.8) is 0 Å². The van der Waals surface area contributed by atoms with E-state index in [2.05, 4.69) is 0 Å². The molecule has 1 saturated carbocycles. The van der Waals surface area contributed by atoms with Crippen LogP contribution < -0.4 is 0 Å². The molecule has 0 spiro atoms. The second-order valence-electron chi connectivity index (χ2n) is 6.81. The van der Waals surface area contributed by atoms with E-state index in [4.69, 9.17) is 11.6 Å². The first-order valence-corrected chi connectivity index (χ1v) is 9.23. The van der Waals surface area contributed by atoms with Crippen molar-refractivity contribution in [2.75, 3.05) is 26.2 Å². The summed E-state index contributed by atoms with van der Waals surface area (Å²) >= 11 is 5.97. The molecule has 25 heavy (non-hydrogen) atoms. The van der Waals surface area contributed by atoms with Gasteiger partial charge in [0.1, 0.15) is 11.2 Å². The fourth-order valence-electron chi connectivity index (χ4n) is 3.51. The number of Topliss-reactive ketones (excluding diaryl/α,β-unsaturated/α-hetero) is 1. The zero-order chi connectivity index (χ0) is 18.0. The molecule has 5 nitrogen and oxygen atoms in total. The van der Waals surface area contributed by atoms with E-state index in [-0.39, 0.29) is 17.6 Å². The molecule has 2 amide bonds.